The fourth-order valence-corrected chi connectivity index (χ4v) is 2.68. The second kappa shape index (κ2) is 3.60. The second-order valence-corrected chi connectivity index (χ2v) is 5.37. The van der Waals surface area contributed by atoms with Crippen LogP contribution in [0.2, 0.25) is 0 Å². The Balaban J connectivity index is 3.56. The van der Waals surface area contributed by atoms with Gasteiger partial charge in [-0.2, -0.15) is 35.1 Å². The number of rotatable bonds is 0. The molecule has 1 fully saturated rings. The van der Waals surface area contributed by atoms with Crippen molar-refractivity contribution in [2.24, 2.45) is 0 Å². The van der Waals surface area contributed by atoms with Gasteiger partial charge in [0.2, 0.25) is 0 Å². The van der Waals surface area contributed by atoms with Crippen LogP contribution in [0.15, 0.2) is 0 Å². The topological polar surface area (TPSA) is 48.2 Å². The van der Waals surface area contributed by atoms with E-state index in [4.69, 9.17) is 0 Å². The molecule has 0 spiro atoms. The summed E-state index contributed by atoms with van der Waals surface area (Å²) in [5.41, 5.74) is 0. The van der Waals surface area contributed by atoms with Crippen LogP contribution in [0.5, 0.6) is 0 Å². The summed E-state index contributed by atoms with van der Waals surface area (Å²) in [6.07, 6.45) is 0. The molecule has 17 heavy (non-hydrogen) atoms. The van der Waals surface area contributed by atoms with Gasteiger partial charge in [-0.05, 0) is 0 Å². The van der Waals surface area contributed by atoms with Crippen molar-refractivity contribution < 1.29 is 43.5 Å². The van der Waals surface area contributed by atoms with Gasteiger partial charge in [-0.1, -0.05) is 0 Å². The highest BCUT2D eigenvalue weighted by atomic mass is 32.3. The van der Waals surface area contributed by atoms with E-state index in [1.807, 2.05) is 0 Å². The smallest absolute Gasteiger partial charge is 0.389 e. The van der Waals surface area contributed by atoms with E-state index in [0.717, 1.165) is 0 Å². The Morgan fingerprint density at radius 1 is 0.647 bits per heavy atom. The third kappa shape index (κ3) is 1.62. The molecule has 1 aliphatic heterocycles. The van der Waals surface area contributed by atoms with Gasteiger partial charge in [0.15, 0.2) is 0 Å². The van der Waals surface area contributed by atoms with Crippen molar-refractivity contribution in [1.82, 2.24) is 0 Å². The van der Waals surface area contributed by atoms with Crippen molar-refractivity contribution in [2.45, 2.75) is 22.4 Å². The minimum absolute atomic E-state index is 1.56. The van der Waals surface area contributed by atoms with Crippen molar-refractivity contribution in [1.29, 1.82) is 0 Å². The minimum Gasteiger partial charge on any atom is -0.480 e. The summed E-state index contributed by atoms with van der Waals surface area (Å²) in [7, 11) is -8.96. The zero-order valence-corrected chi connectivity index (χ0v) is 8.74. The zero-order valence-electron chi connectivity index (χ0n) is 7.10. The molecule has 102 valence electrons. The largest absolute Gasteiger partial charge is 0.480 e. The fraction of sp³-hybridized carbons (Fsp3) is 1.00. The minimum atomic E-state index is -6.66. The molecule has 0 aliphatic carbocycles. The van der Waals surface area contributed by atoms with Crippen LogP contribution in [0.1, 0.15) is 0 Å². The molecule has 1 aliphatic rings. The van der Waals surface area contributed by atoms with E-state index in [0.29, 0.717) is 0 Å². The molecule has 3 nitrogen and oxygen atoms in total. The summed E-state index contributed by atoms with van der Waals surface area (Å²) < 4.78 is 123. The van der Waals surface area contributed by atoms with E-state index in [1.165, 1.54) is 0 Å². The third-order valence-corrected chi connectivity index (χ3v) is 4.17. The number of halogens is 8. The van der Waals surface area contributed by atoms with E-state index in [1.54, 1.807) is 4.13 Å². The van der Waals surface area contributed by atoms with Gasteiger partial charge in [-0.15, -0.1) is 0 Å². The highest BCUT2D eigenvalue weighted by Crippen LogP contribution is 2.58. The molecular weight excluding hydrogens is 310 g/mol. The Bertz CT molecular complexity index is 359. The van der Waals surface area contributed by atoms with Crippen LogP contribution in [-0.2, 0) is 22.0 Å². The quantitative estimate of drug-likeness (QED) is 0.644. The maximum Gasteiger partial charge on any atom is 0.389 e. The molecule has 2 atom stereocenters. The van der Waals surface area contributed by atoms with Gasteiger partial charge in [-0.3, -0.25) is 8.42 Å². The molecule has 0 saturated carbocycles. The van der Waals surface area contributed by atoms with Crippen molar-refractivity contribution in [3.63, 3.8) is 0 Å². The molecular formula is C4F8NO2S2-. The van der Waals surface area contributed by atoms with Crippen LogP contribution in [-0.4, -0.2) is 30.8 Å². The molecule has 2 unspecified atom stereocenters. The zero-order chi connectivity index (χ0) is 13.9. The maximum atomic E-state index is 12.6. The highest BCUT2D eigenvalue weighted by molar-refractivity contribution is 8.07. The van der Waals surface area contributed by atoms with Gasteiger partial charge in [0.25, 0.3) is 0 Å². The van der Waals surface area contributed by atoms with Crippen LogP contribution in [0.3, 0.4) is 0 Å². The molecule has 0 bridgehead atoms. The molecule has 1 heterocycles. The van der Waals surface area contributed by atoms with Gasteiger partial charge in [0.05, 0.1) is 0 Å². The lowest BCUT2D eigenvalue weighted by molar-refractivity contribution is -0.323. The first kappa shape index (κ1) is 14.8. The Labute approximate surface area is 92.7 Å². The van der Waals surface area contributed by atoms with Crippen molar-refractivity contribution in [2.75, 3.05) is 0 Å². The lowest BCUT2D eigenvalue weighted by atomic mass is 10.2. The predicted octanol–water partition coefficient (Wildman–Crippen LogP) is 2.16. The summed E-state index contributed by atoms with van der Waals surface area (Å²) >= 11 is 0. The molecule has 0 aromatic carbocycles. The Kier molecular flexibility index (Phi) is 3.13. The number of hydrogen-bond acceptors (Lipinski definition) is 2. The van der Waals surface area contributed by atoms with E-state index in [9.17, 15) is 43.5 Å². The summed E-state index contributed by atoms with van der Waals surface area (Å²) in [6, 6.07) is 0. The van der Waals surface area contributed by atoms with Crippen molar-refractivity contribution in [3.05, 3.63) is 4.13 Å². The van der Waals surface area contributed by atoms with E-state index < -0.39 is 44.3 Å². The highest BCUT2D eigenvalue weighted by Gasteiger charge is 2.83. The van der Waals surface area contributed by atoms with Crippen molar-refractivity contribution >= 4 is 22.0 Å². The standard InChI is InChI=1S/C4F8NO2S2/c5-1(6)2(7,8)4(11,12)17(15)13-16(14)3(1,9)10/q-1. The van der Waals surface area contributed by atoms with E-state index >= 15 is 0 Å². The van der Waals surface area contributed by atoms with Crippen LogP contribution in [0, 0.1) is 0 Å². The van der Waals surface area contributed by atoms with Gasteiger partial charge >= 0.3 is 22.4 Å². The normalized spacial score (nSPS) is 38.4. The molecule has 0 aromatic rings. The molecule has 0 amide bonds. The van der Waals surface area contributed by atoms with Gasteiger partial charge < -0.3 is 4.13 Å². The predicted molar refractivity (Wildman–Crippen MR) is 39.4 cm³/mol. The Morgan fingerprint density at radius 2 is 0.882 bits per heavy atom. The average Bonchev–Trinajstić information content (AvgIpc) is 2.16. The Morgan fingerprint density at radius 3 is 1.12 bits per heavy atom. The summed E-state index contributed by atoms with van der Waals surface area (Å²) in [5.74, 6) is -13.3. The lowest BCUT2D eigenvalue weighted by Crippen LogP contribution is -2.61. The van der Waals surface area contributed by atoms with Crippen molar-refractivity contribution in [3.8, 4) is 0 Å². The monoisotopic (exact) mass is 310 g/mol. The number of alkyl halides is 8. The second-order valence-electron chi connectivity index (χ2n) is 2.76. The van der Waals surface area contributed by atoms with Crippen LogP contribution >= 0.6 is 0 Å². The van der Waals surface area contributed by atoms with Crippen LogP contribution in [0.25, 0.3) is 4.13 Å². The molecule has 0 aromatic heterocycles. The summed E-state index contributed by atoms with van der Waals surface area (Å²) in [5, 5.41) is -12.1. The number of hydrogen-bond donors (Lipinski definition) is 0. The third-order valence-electron chi connectivity index (χ3n) is 1.70. The van der Waals surface area contributed by atoms with Gasteiger partial charge in [0, 0.05) is 22.0 Å². The SMILES string of the molecule is O=S1[N-]S(=O)C(F)(F)C(F)(F)C(F)(F)C1(F)F. The first-order valence-corrected chi connectivity index (χ1v) is 5.58. The average molecular weight is 310 g/mol. The molecule has 1 saturated heterocycles. The molecule has 0 N–H and O–H groups in total. The van der Waals surface area contributed by atoms with E-state index in [-0.39, 0.29) is 0 Å². The molecule has 1 rings (SSSR count). The first-order valence-electron chi connectivity index (χ1n) is 3.37. The summed E-state index contributed by atoms with van der Waals surface area (Å²) in [4.78, 5) is 0. The number of nitrogens with zero attached hydrogens (tertiary/aromatic N) is 1. The van der Waals surface area contributed by atoms with E-state index in [2.05, 4.69) is 0 Å². The fourth-order valence-electron chi connectivity index (χ4n) is 0.740. The van der Waals surface area contributed by atoms with Gasteiger partial charge in [0.1, 0.15) is 0 Å². The van der Waals surface area contributed by atoms with Crippen LogP contribution in [0.4, 0.5) is 35.1 Å². The Hall–Kier alpha value is -0.300. The lowest BCUT2D eigenvalue weighted by Gasteiger charge is -2.32. The first-order chi connectivity index (χ1) is 7.30. The summed E-state index contributed by atoms with van der Waals surface area (Å²) in [6.45, 7) is 0. The maximum absolute atomic E-state index is 12.6. The molecule has 13 heteroatoms. The molecule has 0 radical (unpaired) electrons. The van der Waals surface area contributed by atoms with Gasteiger partial charge in [-0.25, -0.2) is 0 Å². The van der Waals surface area contributed by atoms with Crippen LogP contribution < -0.4 is 0 Å².